The van der Waals surface area contributed by atoms with Gasteiger partial charge in [-0.1, -0.05) is 58.0 Å². The van der Waals surface area contributed by atoms with Gasteiger partial charge in [-0.3, -0.25) is 4.98 Å². The normalized spacial score (nSPS) is 17.0. The number of piperazine rings is 1. The van der Waals surface area contributed by atoms with Crippen LogP contribution in [0.2, 0.25) is 0 Å². The van der Waals surface area contributed by atoms with Gasteiger partial charge in [0.1, 0.15) is 5.82 Å². The van der Waals surface area contributed by atoms with Gasteiger partial charge < -0.3 is 15.1 Å². The summed E-state index contributed by atoms with van der Waals surface area (Å²) in [7, 11) is 0. The molecule has 0 radical (unpaired) electrons. The third kappa shape index (κ3) is 4.90. The van der Waals surface area contributed by atoms with Crippen molar-refractivity contribution < 1.29 is 0 Å². The first-order valence-electron chi connectivity index (χ1n) is 11.5. The Bertz CT molecular complexity index is 1180. The van der Waals surface area contributed by atoms with Crippen LogP contribution in [0.5, 0.6) is 0 Å². The zero-order chi connectivity index (χ0) is 23.4. The van der Waals surface area contributed by atoms with Gasteiger partial charge in [0.25, 0.3) is 0 Å². The van der Waals surface area contributed by atoms with E-state index in [1.165, 1.54) is 5.56 Å². The topological polar surface area (TPSA) is 80.4 Å². The van der Waals surface area contributed by atoms with E-state index in [1.54, 1.807) is 0 Å². The van der Waals surface area contributed by atoms with E-state index < -0.39 is 0 Å². The summed E-state index contributed by atoms with van der Waals surface area (Å²) in [6, 6.07) is 16.3. The minimum absolute atomic E-state index is 0.165. The highest BCUT2D eigenvalue weighted by atomic mass is 15.4. The van der Waals surface area contributed by atoms with E-state index in [0.717, 1.165) is 42.2 Å². The van der Waals surface area contributed by atoms with Gasteiger partial charge in [0.15, 0.2) is 0 Å². The Morgan fingerprint density at radius 3 is 2.52 bits per heavy atom. The summed E-state index contributed by atoms with van der Waals surface area (Å²) in [5.41, 5.74) is 4.00. The zero-order valence-electron chi connectivity index (χ0n) is 19.7. The van der Waals surface area contributed by atoms with Gasteiger partial charge in [-0.05, 0) is 35.6 Å². The SMILES string of the molecule is CC(C)c1ccccc1N/C(=N/C#N)N1CCN(c2cnc3ccccc3n2)CC1C(C)C. The molecule has 1 unspecified atom stereocenters. The second-order valence-corrected chi connectivity index (χ2v) is 9.07. The number of fused-ring (bicyclic) bond motifs is 1. The molecule has 0 aliphatic carbocycles. The van der Waals surface area contributed by atoms with E-state index in [1.807, 2.05) is 54.9 Å². The van der Waals surface area contributed by atoms with E-state index >= 15 is 0 Å². The maximum Gasteiger partial charge on any atom is 0.214 e. The van der Waals surface area contributed by atoms with Crippen LogP contribution in [-0.2, 0) is 0 Å². The summed E-state index contributed by atoms with van der Waals surface area (Å²) < 4.78 is 0. The summed E-state index contributed by atoms with van der Waals surface area (Å²) in [6.07, 6.45) is 3.86. The molecule has 33 heavy (non-hydrogen) atoms. The number of hydrogen-bond acceptors (Lipinski definition) is 5. The molecule has 1 aliphatic rings. The number of aliphatic imine (C=N–C) groups is 1. The molecule has 0 saturated carbocycles. The van der Waals surface area contributed by atoms with Crippen molar-refractivity contribution in [1.29, 1.82) is 5.26 Å². The smallest absolute Gasteiger partial charge is 0.214 e. The highest BCUT2D eigenvalue weighted by Gasteiger charge is 2.32. The Balaban J connectivity index is 1.59. The molecule has 1 aromatic heterocycles. The molecule has 1 aliphatic heterocycles. The Morgan fingerprint density at radius 1 is 1.06 bits per heavy atom. The minimum Gasteiger partial charge on any atom is -0.351 e. The molecule has 1 N–H and O–H groups in total. The van der Waals surface area contributed by atoms with Gasteiger partial charge in [-0.2, -0.15) is 5.26 Å². The fraction of sp³-hybridized carbons (Fsp3) is 0.385. The van der Waals surface area contributed by atoms with E-state index in [-0.39, 0.29) is 6.04 Å². The molecule has 7 nitrogen and oxygen atoms in total. The lowest BCUT2D eigenvalue weighted by molar-refractivity contribution is 0.224. The predicted octanol–water partition coefficient (Wildman–Crippen LogP) is 4.85. The van der Waals surface area contributed by atoms with Crippen molar-refractivity contribution in [3.05, 3.63) is 60.3 Å². The lowest BCUT2D eigenvalue weighted by Gasteiger charge is -2.45. The van der Waals surface area contributed by atoms with Crippen LogP contribution in [0.1, 0.15) is 39.2 Å². The van der Waals surface area contributed by atoms with Crippen LogP contribution in [0.25, 0.3) is 11.0 Å². The highest BCUT2D eigenvalue weighted by Crippen LogP contribution is 2.27. The molecule has 0 bridgehead atoms. The number of nitrogens with one attached hydrogen (secondary N) is 1. The monoisotopic (exact) mass is 441 g/mol. The molecule has 3 aromatic rings. The lowest BCUT2D eigenvalue weighted by atomic mass is 9.99. The van der Waals surface area contributed by atoms with Crippen molar-refractivity contribution in [2.45, 2.75) is 39.7 Å². The number of aromatic nitrogens is 2. The van der Waals surface area contributed by atoms with Crippen molar-refractivity contribution in [3.63, 3.8) is 0 Å². The number of para-hydroxylation sites is 3. The maximum absolute atomic E-state index is 9.45. The molecule has 7 heteroatoms. The highest BCUT2D eigenvalue weighted by molar-refractivity contribution is 5.95. The van der Waals surface area contributed by atoms with Crippen molar-refractivity contribution >= 4 is 28.5 Å². The molecule has 4 rings (SSSR count). The van der Waals surface area contributed by atoms with Crippen molar-refractivity contribution in [2.24, 2.45) is 10.9 Å². The van der Waals surface area contributed by atoms with Gasteiger partial charge in [0, 0.05) is 25.3 Å². The molecular formula is C26H31N7. The van der Waals surface area contributed by atoms with Crippen molar-refractivity contribution in [1.82, 2.24) is 14.9 Å². The number of guanidine groups is 1. The Morgan fingerprint density at radius 2 is 1.79 bits per heavy atom. The van der Waals surface area contributed by atoms with Crippen LogP contribution >= 0.6 is 0 Å². The number of nitriles is 1. The number of anilines is 2. The Kier molecular flexibility index (Phi) is 6.74. The van der Waals surface area contributed by atoms with Crippen LogP contribution in [0.3, 0.4) is 0 Å². The number of nitrogens with zero attached hydrogens (tertiary/aromatic N) is 6. The van der Waals surface area contributed by atoms with Crippen molar-refractivity contribution in [3.8, 4) is 6.19 Å². The molecule has 2 aromatic carbocycles. The van der Waals surface area contributed by atoms with Crippen LogP contribution in [-0.4, -0.2) is 46.5 Å². The lowest BCUT2D eigenvalue weighted by Crippen LogP contribution is -2.58. The molecule has 0 amide bonds. The predicted molar refractivity (Wildman–Crippen MR) is 134 cm³/mol. The minimum atomic E-state index is 0.165. The van der Waals surface area contributed by atoms with E-state index in [9.17, 15) is 5.26 Å². The average Bonchev–Trinajstić information content (AvgIpc) is 2.83. The van der Waals surface area contributed by atoms with Gasteiger partial charge in [-0.15, -0.1) is 4.99 Å². The standard InChI is InChI=1S/C26H31N7/c1-18(2)20-9-5-6-10-21(20)31-26(29-17-27)33-14-13-32(16-24(33)19(3)4)25-15-28-22-11-7-8-12-23(22)30-25/h5-12,15,18-19,24H,13-14,16H2,1-4H3,(H,29,31). The average molecular weight is 442 g/mol. The third-order valence-corrected chi connectivity index (χ3v) is 6.21. The Labute approximate surface area is 195 Å². The molecule has 1 fully saturated rings. The molecule has 170 valence electrons. The maximum atomic E-state index is 9.45. The quantitative estimate of drug-likeness (QED) is 0.354. The first-order chi connectivity index (χ1) is 16.0. The van der Waals surface area contributed by atoms with Gasteiger partial charge in [0.2, 0.25) is 12.2 Å². The van der Waals surface area contributed by atoms with Crippen molar-refractivity contribution in [2.75, 3.05) is 29.9 Å². The fourth-order valence-corrected chi connectivity index (χ4v) is 4.40. The summed E-state index contributed by atoms with van der Waals surface area (Å²) in [6.45, 7) is 11.0. The van der Waals surface area contributed by atoms with E-state index in [2.05, 4.69) is 58.9 Å². The summed E-state index contributed by atoms with van der Waals surface area (Å²) in [5.74, 6) is 2.21. The summed E-state index contributed by atoms with van der Waals surface area (Å²) in [5, 5.41) is 12.9. The molecule has 0 spiro atoms. The van der Waals surface area contributed by atoms with E-state index in [0.29, 0.717) is 17.8 Å². The number of benzene rings is 2. The van der Waals surface area contributed by atoms with Gasteiger partial charge in [0.05, 0.1) is 23.3 Å². The second kappa shape index (κ2) is 9.86. The van der Waals surface area contributed by atoms with E-state index in [4.69, 9.17) is 4.98 Å². The fourth-order valence-electron chi connectivity index (χ4n) is 4.40. The third-order valence-electron chi connectivity index (χ3n) is 6.21. The number of hydrogen-bond donors (Lipinski definition) is 1. The molecule has 1 atom stereocenters. The zero-order valence-corrected chi connectivity index (χ0v) is 19.7. The summed E-state index contributed by atoms with van der Waals surface area (Å²) in [4.78, 5) is 18.2. The van der Waals surface area contributed by atoms with Gasteiger partial charge >= 0.3 is 0 Å². The van der Waals surface area contributed by atoms with Crippen LogP contribution in [0.4, 0.5) is 11.5 Å². The first-order valence-corrected chi connectivity index (χ1v) is 11.5. The number of rotatable bonds is 4. The summed E-state index contributed by atoms with van der Waals surface area (Å²) >= 11 is 0. The first kappa shape index (κ1) is 22.5. The molecule has 1 saturated heterocycles. The van der Waals surface area contributed by atoms with Crippen LogP contribution in [0.15, 0.2) is 59.7 Å². The van der Waals surface area contributed by atoms with Gasteiger partial charge in [-0.25, -0.2) is 4.98 Å². The largest absolute Gasteiger partial charge is 0.351 e. The Hall–Kier alpha value is -3.66. The molecular weight excluding hydrogens is 410 g/mol. The molecule has 2 heterocycles. The van der Waals surface area contributed by atoms with Crippen LogP contribution < -0.4 is 10.2 Å². The second-order valence-electron chi connectivity index (χ2n) is 9.07. The van der Waals surface area contributed by atoms with Crippen LogP contribution in [0, 0.1) is 17.4 Å².